The van der Waals surface area contributed by atoms with Gasteiger partial charge in [0.2, 0.25) is 0 Å². The highest BCUT2D eigenvalue weighted by Crippen LogP contribution is 2.47. The van der Waals surface area contributed by atoms with Crippen LogP contribution in [0.1, 0.15) is 18.9 Å². The molecular weight excluding hydrogens is 787 g/mol. The molecule has 1 unspecified atom stereocenters. The molecule has 2 nitrogen and oxygen atoms in total. The molecule has 1 heterocycles. The monoisotopic (exact) mass is 831 g/mol. The Morgan fingerprint density at radius 1 is 0.400 bits per heavy atom. The van der Waals surface area contributed by atoms with Crippen LogP contribution in [0.25, 0.3) is 82.8 Å². The molecule has 10 aromatic carbocycles. The first-order valence-electron chi connectivity index (χ1n) is 22.6. The summed E-state index contributed by atoms with van der Waals surface area (Å²) < 4.78 is 6.49. The number of anilines is 3. The number of fused-ring (bicyclic) bond motifs is 2. The van der Waals surface area contributed by atoms with Gasteiger partial charge in [-0.15, -0.1) is 0 Å². The summed E-state index contributed by atoms with van der Waals surface area (Å²) in [4.78, 5) is 2.40. The van der Waals surface area contributed by atoms with Crippen molar-refractivity contribution in [3.05, 3.63) is 248 Å². The Labute approximate surface area is 380 Å². The molecule has 2 heteroatoms. The summed E-state index contributed by atoms with van der Waals surface area (Å²) in [6, 6.07) is 81.8. The highest BCUT2D eigenvalue weighted by Gasteiger charge is 2.26. The fraction of sp³-hybridized carbons (Fsp3) is 0.0476. The van der Waals surface area contributed by atoms with E-state index < -0.39 is 0 Å². The van der Waals surface area contributed by atoms with E-state index in [1.807, 2.05) is 0 Å². The number of benzene rings is 10. The minimum Gasteiger partial charge on any atom is -0.456 e. The zero-order chi connectivity index (χ0) is 43.3. The zero-order valence-electron chi connectivity index (χ0n) is 36.2. The summed E-state index contributed by atoms with van der Waals surface area (Å²) in [5.74, 6) is 2.35. The third kappa shape index (κ3) is 7.10. The van der Waals surface area contributed by atoms with Gasteiger partial charge in [-0.25, -0.2) is 0 Å². The van der Waals surface area contributed by atoms with Crippen LogP contribution in [0.4, 0.5) is 17.1 Å². The van der Waals surface area contributed by atoms with E-state index in [1.54, 1.807) is 0 Å². The van der Waals surface area contributed by atoms with Crippen molar-refractivity contribution in [1.29, 1.82) is 0 Å². The van der Waals surface area contributed by atoms with Crippen LogP contribution in [0.5, 0.6) is 5.75 Å². The van der Waals surface area contributed by atoms with Gasteiger partial charge >= 0.3 is 0 Å². The molecule has 0 amide bonds. The third-order valence-corrected chi connectivity index (χ3v) is 13.2. The van der Waals surface area contributed by atoms with Gasteiger partial charge in [-0.3, -0.25) is 0 Å². The second-order valence-electron chi connectivity index (χ2n) is 17.4. The fourth-order valence-electron chi connectivity index (χ4n) is 10.00. The number of nitrogens with zero attached hydrogens (tertiary/aromatic N) is 1. The van der Waals surface area contributed by atoms with Gasteiger partial charge in [-0.2, -0.15) is 0 Å². The Morgan fingerprint density at radius 2 is 1.00 bits per heavy atom. The van der Waals surface area contributed by atoms with E-state index in [1.165, 1.54) is 77.2 Å². The lowest BCUT2D eigenvalue weighted by Crippen LogP contribution is -2.11. The van der Waals surface area contributed by atoms with Gasteiger partial charge < -0.3 is 9.64 Å². The van der Waals surface area contributed by atoms with Crippen LogP contribution in [0.3, 0.4) is 0 Å². The number of hydrogen-bond donors (Lipinski definition) is 0. The average Bonchev–Trinajstić information content (AvgIpc) is 3.37. The quantitative estimate of drug-likeness (QED) is 0.151. The first-order chi connectivity index (χ1) is 32.1. The zero-order valence-corrected chi connectivity index (χ0v) is 36.2. The predicted molar refractivity (Wildman–Crippen MR) is 274 cm³/mol. The Hall–Kier alpha value is -8.20. The third-order valence-electron chi connectivity index (χ3n) is 13.2. The number of rotatable bonds is 8. The van der Waals surface area contributed by atoms with Gasteiger partial charge in [0.15, 0.2) is 0 Å². The second-order valence-corrected chi connectivity index (χ2v) is 17.4. The van der Waals surface area contributed by atoms with Crippen molar-refractivity contribution in [3.63, 3.8) is 0 Å². The van der Waals surface area contributed by atoms with Crippen molar-refractivity contribution in [1.82, 2.24) is 0 Å². The summed E-state index contributed by atoms with van der Waals surface area (Å²) in [6.45, 7) is 2.28. The molecule has 0 saturated heterocycles. The van der Waals surface area contributed by atoms with Gasteiger partial charge in [-0.05, 0) is 156 Å². The highest BCUT2D eigenvalue weighted by molar-refractivity contribution is 6.04. The Kier molecular flexibility index (Phi) is 9.57. The van der Waals surface area contributed by atoms with Crippen LogP contribution in [-0.4, -0.2) is 0 Å². The SMILES string of the molecule is CC1C=CC2=C(C1)c1cc(-c3cccc(N(c4ccc(-c5ccc(-c6ccccc6)c(-c6ccccc6)c5)cc4)c4cccc(-c5cccc6ccccc56)c4)c3)cc3cccc(c13)O2. The minimum atomic E-state index is 0.453. The number of ether oxygens (including phenoxy) is 1. The van der Waals surface area contributed by atoms with E-state index in [0.29, 0.717) is 5.92 Å². The van der Waals surface area contributed by atoms with Crippen LogP contribution in [-0.2, 0) is 0 Å². The smallest absolute Gasteiger partial charge is 0.135 e. The van der Waals surface area contributed by atoms with Gasteiger partial charge in [0.1, 0.15) is 11.5 Å². The topological polar surface area (TPSA) is 12.5 Å². The Balaban J connectivity index is 0.984. The standard InChI is InChI=1S/C63H45NO/c1-42-28-35-61-59(36-42)60-41-51(37-50-22-13-27-62(65-61)63(50)60)47-20-10-23-53(38-47)64(54-24-11-21-49(39-54)56-26-12-19-45-18-8-9-25-55(45)56)52-32-29-43(30-33-52)48-31-34-57(44-14-4-2-5-15-44)58(40-48)46-16-6-3-7-17-46/h2-35,37-42H,36H2,1H3. The molecular formula is C63H45NO. The van der Waals surface area contributed by atoms with E-state index >= 15 is 0 Å². The Morgan fingerprint density at radius 3 is 1.80 bits per heavy atom. The summed E-state index contributed by atoms with van der Waals surface area (Å²) in [5, 5.41) is 4.87. The van der Waals surface area contributed by atoms with Crippen LogP contribution < -0.4 is 9.64 Å². The first kappa shape index (κ1) is 38.5. The summed E-state index contributed by atoms with van der Waals surface area (Å²) in [5.41, 5.74) is 17.8. The summed E-state index contributed by atoms with van der Waals surface area (Å²) in [7, 11) is 0. The molecule has 308 valence electrons. The maximum absolute atomic E-state index is 6.49. The second kappa shape index (κ2) is 16.2. The average molecular weight is 832 g/mol. The van der Waals surface area contributed by atoms with Crippen molar-refractivity contribution in [2.45, 2.75) is 13.3 Å². The molecule has 0 fully saturated rings. The van der Waals surface area contributed by atoms with Crippen molar-refractivity contribution < 1.29 is 4.74 Å². The van der Waals surface area contributed by atoms with Gasteiger partial charge in [0.05, 0.1) is 0 Å². The predicted octanol–water partition coefficient (Wildman–Crippen LogP) is 17.5. The van der Waals surface area contributed by atoms with Gasteiger partial charge in [0, 0.05) is 28.0 Å². The molecule has 0 spiro atoms. The molecule has 0 bridgehead atoms. The van der Waals surface area contributed by atoms with E-state index in [-0.39, 0.29) is 0 Å². The molecule has 0 aromatic heterocycles. The molecule has 1 aliphatic heterocycles. The largest absolute Gasteiger partial charge is 0.456 e. The lowest BCUT2D eigenvalue weighted by Gasteiger charge is -2.28. The van der Waals surface area contributed by atoms with Crippen molar-refractivity contribution in [3.8, 4) is 61.4 Å². The highest BCUT2D eigenvalue weighted by atomic mass is 16.5. The molecule has 12 rings (SSSR count). The fourth-order valence-corrected chi connectivity index (χ4v) is 10.00. The van der Waals surface area contributed by atoms with E-state index in [0.717, 1.165) is 46.1 Å². The summed E-state index contributed by atoms with van der Waals surface area (Å²) in [6.07, 6.45) is 5.38. The van der Waals surface area contributed by atoms with E-state index in [2.05, 4.69) is 248 Å². The van der Waals surface area contributed by atoms with E-state index in [4.69, 9.17) is 4.74 Å². The van der Waals surface area contributed by atoms with Crippen molar-refractivity contribution in [2.24, 2.45) is 5.92 Å². The minimum absolute atomic E-state index is 0.453. The maximum Gasteiger partial charge on any atom is 0.135 e. The molecule has 2 aliphatic rings. The molecule has 0 radical (unpaired) electrons. The van der Waals surface area contributed by atoms with Crippen LogP contribution in [0.2, 0.25) is 0 Å². The number of allylic oxidation sites excluding steroid dienone is 3. The lowest BCUT2D eigenvalue weighted by atomic mass is 9.84. The molecule has 1 aliphatic carbocycles. The normalized spacial score (nSPS) is 14.0. The van der Waals surface area contributed by atoms with Gasteiger partial charge in [-0.1, -0.05) is 177 Å². The molecule has 1 atom stereocenters. The van der Waals surface area contributed by atoms with Crippen LogP contribution in [0, 0.1) is 5.92 Å². The molecule has 10 aromatic rings. The molecule has 0 N–H and O–H groups in total. The summed E-state index contributed by atoms with van der Waals surface area (Å²) >= 11 is 0. The lowest BCUT2D eigenvalue weighted by molar-refractivity contribution is 0.440. The molecule has 0 saturated carbocycles. The number of hydrogen-bond acceptors (Lipinski definition) is 2. The first-order valence-corrected chi connectivity index (χ1v) is 22.6. The van der Waals surface area contributed by atoms with Gasteiger partial charge in [0.25, 0.3) is 0 Å². The Bertz CT molecular complexity index is 3490. The van der Waals surface area contributed by atoms with Crippen molar-refractivity contribution >= 4 is 44.2 Å². The molecule has 65 heavy (non-hydrogen) atoms. The van der Waals surface area contributed by atoms with Crippen LogP contribution >= 0.6 is 0 Å². The van der Waals surface area contributed by atoms with E-state index in [9.17, 15) is 0 Å². The van der Waals surface area contributed by atoms with Crippen LogP contribution in [0.15, 0.2) is 242 Å². The maximum atomic E-state index is 6.49. The van der Waals surface area contributed by atoms with Crippen molar-refractivity contribution in [2.75, 3.05) is 4.90 Å².